The van der Waals surface area contributed by atoms with Crippen molar-refractivity contribution >= 4 is 12.8 Å². The fraction of sp³-hybridized carbons (Fsp3) is 0.778. The fourth-order valence-corrected chi connectivity index (χ4v) is 1.04. The van der Waals surface area contributed by atoms with Crippen molar-refractivity contribution < 1.29 is 4.79 Å². The van der Waals surface area contributed by atoms with Gasteiger partial charge in [0.15, 0.2) is 0 Å². The summed E-state index contributed by atoms with van der Waals surface area (Å²) in [5, 5.41) is 0. The van der Waals surface area contributed by atoms with Gasteiger partial charge < -0.3 is 0 Å². The number of hydrogen-bond acceptors (Lipinski definition) is 3. The predicted octanol–water partition coefficient (Wildman–Crippen LogP) is 1.83. The van der Waals surface area contributed by atoms with E-state index in [-0.39, 0.29) is 11.5 Å². The van der Waals surface area contributed by atoms with Gasteiger partial charge in [-0.05, 0) is 18.6 Å². The first kappa shape index (κ1) is 11.1. The zero-order valence-electron chi connectivity index (χ0n) is 8.00. The number of carbonyl (C=O) groups excluding carboxylic acids is 1. The van der Waals surface area contributed by atoms with Crippen LogP contribution in [0.5, 0.6) is 0 Å². The van der Waals surface area contributed by atoms with E-state index < -0.39 is 0 Å². The van der Waals surface area contributed by atoms with Crippen LogP contribution in [0.3, 0.4) is 0 Å². The van der Waals surface area contributed by atoms with Crippen LogP contribution in [-0.4, -0.2) is 25.4 Å². The van der Waals surface area contributed by atoms with E-state index in [1.165, 1.54) is 6.08 Å². The van der Waals surface area contributed by atoms with Gasteiger partial charge in [-0.25, -0.2) is 9.79 Å². The quantitative estimate of drug-likeness (QED) is 0.466. The van der Waals surface area contributed by atoms with Gasteiger partial charge in [0.1, 0.15) is 0 Å². The Hall–Kier alpha value is -0.950. The molecule has 0 aliphatic heterocycles. The van der Waals surface area contributed by atoms with E-state index in [2.05, 4.69) is 37.5 Å². The van der Waals surface area contributed by atoms with Crippen LogP contribution >= 0.6 is 0 Å². The number of nitrogens with zero attached hydrogens (tertiary/aromatic N) is 2. The molecule has 0 rings (SSSR count). The lowest BCUT2D eigenvalue weighted by Crippen LogP contribution is -2.18. The first-order chi connectivity index (χ1) is 5.49. The van der Waals surface area contributed by atoms with Crippen molar-refractivity contribution in [2.24, 2.45) is 15.4 Å². The molecule has 0 aromatic carbocycles. The molecule has 0 amide bonds. The Morgan fingerprint density at radius 3 is 2.42 bits per heavy atom. The first-order valence-electron chi connectivity index (χ1n) is 3.99. The van der Waals surface area contributed by atoms with Gasteiger partial charge in [-0.1, -0.05) is 20.8 Å². The third-order valence-electron chi connectivity index (χ3n) is 1.47. The number of hydrogen-bond donors (Lipinski definition) is 0. The van der Waals surface area contributed by atoms with E-state index in [1.54, 1.807) is 0 Å². The minimum absolute atomic E-state index is 0.0476. The molecule has 0 saturated carbocycles. The van der Waals surface area contributed by atoms with Crippen LogP contribution in [0.25, 0.3) is 0 Å². The second-order valence-corrected chi connectivity index (χ2v) is 4.03. The maximum absolute atomic E-state index is 9.84. The molecular formula is C9H16N2O. The normalized spacial score (nSPS) is 13.2. The molecular weight excluding hydrogens is 152 g/mol. The standard InChI is InChI=1S/C9H16N2O/c1-9(2,3)5-8(10-4)6-11-7-12/h8H,4-6H2,1-3H3. The maximum Gasteiger partial charge on any atom is 0.235 e. The summed E-state index contributed by atoms with van der Waals surface area (Å²) in [5.41, 5.74) is 0.199. The summed E-state index contributed by atoms with van der Waals surface area (Å²) in [6.45, 7) is 10.2. The van der Waals surface area contributed by atoms with Crippen LogP contribution in [0.15, 0.2) is 9.98 Å². The molecule has 0 aromatic heterocycles. The summed E-state index contributed by atoms with van der Waals surface area (Å²) in [6, 6.07) is 0.0476. The van der Waals surface area contributed by atoms with Crippen LogP contribution in [-0.2, 0) is 4.79 Å². The molecule has 1 atom stereocenters. The molecule has 0 bridgehead atoms. The summed E-state index contributed by atoms with van der Waals surface area (Å²) in [6.07, 6.45) is 2.40. The molecule has 1 unspecified atom stereocenters. The van der Waals surface area contributed by atoms with E-state index >= 15 is 0 Å². The molecule has 3 nitrogen and oxygen atoms in total. The van der Waals surface area contributed by atoms with Gasteiger partial charge in [0, 0.05) is 0 Å². The van der Waals surface area contributed by atoms with Crippen molar-refractivity contribution in [1.82, 2.24) is 0 Å². The van der Waals surface area contributed by atoms with Crippen molar-refractivity contribution in [3.05, 3.63) is 0 Å². The smallest absolute Gasteiger partial charge is 0.235 e. The Bertz CT molecular complexity index is 187. The Morgan fingerprint density at radius 2 is 2.08 bits per heavy atom. The van der Waals surface area contributed by atoms with Crippen LogP contribution < -0.4 is 0 Å². The minimum Gasteiger partial charge on any atom is -0.296 e. The molecule has 0 aliphatic rings. The highest BCUT2D eigenvalue weighted by Crippen LogP contribution is 2.22. The van der Waals surface area contributed by atoms with Crippen molar-refractivity contribution in [2.45, 2.75) is 33.2 Å². The Morgan fingerprint density at radius 1 is 1.50 bits per heavy atom. The average molecular weight is 168 g/mol. The molecule has 3 heteroatoms. The molecule has 0 spiro atoms. The summed E-state index contributed by atoms with van der Waals surface area (Å²) in [5.74, 6) is 0. The molecule has 0 N–H and O–H groups in total. The van der Waals surface area contributed by atoms with Crippen molar-refractivity contribution in [3.8, 4) is 0 Å². The topological polar surface area (TPSA) is 41.8 Å². The molecule has 0 fully saturated rings. The fourth-order valence-electron chi connectivity index (χ4n) is 1.04. The SMILES string of the molecule is C=NC(CN=C=O)CC(C)(C)C. The predicted molar refractivity (Wildman–Crippen MR) is 50.4 cm³/mol. The Balaban J connectivity index is 3.99. The number of isocyanates is 1. The van der Waals surface area contributed by atoms with Crippen molar-refractivity contribution in [3.63, 3.8) is 0 Å². The first-order valence-corrected chi connectivity index (χ1v) is 3.99. The highest BCUT2D eigenvalue weighted by atomic mass is 16.1. The summed E-state index contributed by atoms with van der Waals surface area (Å²) < 4.78 is 0. The summed E-state index contributed by atoms with van der Waals surface area (Å²) in [4.78, 5) is 17.2. The van der Waals surface area contributed by atoms with Crippen molar-refractivity contribution in [2.75, 3.05) is 6.54 Å². The molecule has 12 heavy (non-hydrogen) atoms. The molecule has 68 valence electrons. The second-order valence-electron chi connectivity index (χ2n) is 4.03. The number of rotatable bonds is 4. The maximum atomic E-state index is 9.84. The van der Waals surface area contributed by atoms with Gasteiger partial charge in [-0.2, -0.15) is 0 Å². The largest absolute Gasteiger partial charge is 0.296 e. The minimum atomic E-state index is 0.0476. The highest BCUT2D eigenvalue weighted by molar-refractivity contribution is 5.33. The summed E-state index contributed by atoms with van der Waals surface area (Å²) >= 11 is 0. The molecule has 0 aliphatic carbocycles. The van der Waals surface area contributed by atoms with Crippen LogP contribution in [0.2, 0.25) is 0 Å². The lowest BCUT2D eigenvalue weighted by molar-refractivity contribution is 0.344. The van der Waals surface area contributed by atoms with Crippen molar-refractivity contribution in [1.29, 1.82) is 0 Å². The van der Waals surface area contributed by atoms with E-state index in [1.807, 2.05) is 0 Å². The molecule has 0 saturated heterocycles. The van der Waals surface area contributed by atoms with Gasteiger partial charge in [-0.15, -0.1) is 0 Å². The van der Waals surface area contributed by atoms with E-state index in [9.17, 15) is 4.79 Å². The van der Waals surface area contributed by atoms with Gasteiger partial charge in [0.25, 0.3) is 0 Å². The van der Waals surface area contributed by atoms with Gasteiger partial charge in [0.05, 0.1) is 12.6 Å². The van der Waals surface area contributed by atoms with E-state index in [0.29, 0.717) is 6.54 Å². The lowest BCUT2D eigenvalue weighted by Gasteiger charge is -2.21. The van der Waals surface area contributed by atoms with Gasteiger partial charge in [0.2, 0.25) is 6.08 Å². The molecule has 0 heterocycles. The molecule has 0 aromatic rings. The lowest BCUT2D eigenvalue weighted by atomic mass is 9.88. The average Bonchev–Trinajstić information content (AvgIpc) is 1.95. The van der Waals surface area contributed by atoms with Crippen LogP contribution in [0.1, 0.15) is 27.2 Å². The van der Waals surface area contributed by atoms with Gasteiger partial charge >= 0.3 is 0 Å². The van der Waals surface area contributed by atoms with E-state index in [4.69, 9.17) is 0 Å². The second kappa shape index (κ2) is 4.83. The van der Waals surface area contributed by atoms with Gasteiger partial charge in [-0.3, -0.25) is 4.99 Å². The van der Waals surface area contributed by atoms with Crippen LogP contribution in [0, 0.1) is 5.41 Å². The molecule has 0 radical (unpaired) electrons. The zero-order valence-corrected chi connectivity index (χ0v) is 8.00. The Labute approximate surface area is 73.6 Å². The third kappa shape index (κ3) is 5.81. The third-order valence-corrected chi connectivity index (χ3v) is 1.47. The Kier molecular flexibility index (Phi) is 4.45. The highest BCUT2D eigenvalue weighted by Gasteiger charge is 2.16. The summed E-state index contributed by atoms with van der Waals surface area (Å²) in [7, 11) is 0. The van der Waals surface area contributed by atoms with E-state index in [0.717, 1.165) is 6.42 Å². The number of aliphatic imine (C=N–C) groups is 2. The zero-order chi connectivity index (χ0) is 9.61. The van der Waals surface area contributed by atoms with Crippen LogP contribution in [0.4, 0.5) is 0 Å². The monoisotopic (exact) mass is 168 g/mol.